The third-order valence-corrected chi connectivity index (χ3v) is 3.41. The maximum Gasteiger partial charge on any atom is 0.264 e. The highest BCUT2D eigenvalue weighted by molar-refractivity contribution is 6.05. The Morgan fingerprint density at radius 1 is 1.05 bits per heavy atom. The van der Waals surface area contributed by atoms with Crippen molar-refractivity contribution in [3.05, 3.63) is 52.3 Å². The summed E-state index contributed by atoms with van der Waals surface area (Å²) in [7, 11) is 0. The molecule has 2 aromatic rings. The molecule has 2 heterocycles. The molecule has 106 valence electrons. The van der Waals surface area contributed by atoms with Gasteiger partial charge in [-0.1, -0.05) is 31.2 Å². The van der Waals surface area contributed by atoms with E-state index < -0.39 is 0 Å². The molecule has 1 amide bonds. The molecule has 6 nitrogen and oxygen atoms in total. The van der Waals surface area contributed by atoms with Crippen LogP contribution in [-0.2, 0) is 4.79 Å². The first-order valence-corrected chi connectivity index (χ1v) is 6.66. The van der Waals surface area contributed by atoms with Crippen LogP contribution in [0.25, 0.3) is 11.3 Å². The Labute approximate surface area is 120 Å². The third-order valence-electron chi connectivity index (χ3n) is 3.41. The standard InChI is InChI=1S/C15H14N4O2/c1-9-8-14(21)18-19-15(9)11-4-2-10(3-5-11)12-6-7-13(20)17-16-12/h2-7,9H,8H2,1H3,(H,17,20)(H,18,21)/t9-/m1/s1. The molecule has 6 heteroatoms. The largest absolute Gasteiger partial charge is 0.273 e. The summed E-state index contributed by atoms with van der Waals surface area (Å²) < 4.78 is 0. The topological polar surface area (TPSA) is 87.2 Å². The average Bonchev–Trinajstić information content (AvgIpc) is 2.48. The lowest BCUT2D eigenvalue weighted by molar-refractivity contribution is -0.121. The van der Waals surface area contributed by atoms with Gasteiger partial charge in [-0.15, -0.1) is 0 Å². The fourth-order valence-electron chi connectivity index (χ4n) is 2.32. The van der Waals surface area contributed by atoms with Crippen LogP contribution in [0, 0.1) is 5.92 Å². The molecule has 0 fully saturated rings. The van der Waals surface area contributed by atoms with Gasteiger partial charge in [0.05, 0.1) is 11.4 Å². The van der Waals surface area contributed by atoms with Gasteiger partial charge in [0.15, 0.2) is 0 Å². The van der Waals surface area contributed by atoms with Crippen molar-refractivity contribution in [3.8, 4) is 11.3 Å². The van der Waals surface area contributed by atoms with Crippen LogP contribution >= 0.6 is 0 Å². The number of carbonyl (C=O) groups is 1. The summed E-state index contributed by atoms with van der Waals surface area (Å²) in [5, 5.41) is 10.5. The van der Waals surface area contributed by atoms with E-state index in [0.717, 1.165) is 16.8 Å². The smallest absolute Gasteiger partial charge is 0.264 e. The van der Waals surface area contributed by atoms with E-state index in [-0.39, 0.29) is 17.4 Å². The number of hydrazone groups is 1. The number of rotatable bonds is 2. The molecule has 0 unspecified atom stereocenters. The van der Waals surface area contributed by atoms with E-state index in [4.69, 9.17) is 0 Å². The first kappa shape index (κ1) is 13.2. The zero-order valence-corrected chi connectivity index (χ0v) is 11.5. The molecular weight excluding hydrogens is 268 g/mol. The number of benzene rings is 1. The summed E-state index contributed by atoms with van der Waals surface area (Å²) in [4.78, 5) is 22.3. The lowest BCUT2D eigenvalue weighted by atomic mass is 9.93. The molecule has 1 aliphatic rings. The Bertz CT molecular complexity index is 741. The van der Waals surface area contributed by atoms with E-state index >= 15 is 0 Å². The van der Waals surface area contributed by atoms with Crippen LogP contribution in [0.2, 0.25) is 0 Å². The van der Waals surface area contributed by atoms with Crippen LogP contribution in [-0.4, -0.2) is 21.8 Å². The zero-order valence-electron chi connectivity index (χ0n) is 11.5. The predicted molar refractivity (Wildman–Crippen MR) is 78.8 cm³/mol. The van der Waals surface area contributed by atoms with Gasteiger partial charge in [-0.3, -0.25) is 9.59 Å². The molecule has 21 heavy (non-hydrogen) atoms. The Morgan fingerprint density at radius 2 is 1.76 bits per heavy atom. The van der Waals surface area contributed by atoms with E-state index in [1.165, 1.54) is 6.07 Å². The highest BCUT2D eigenvalue weighted by Crippen LogP contribution is 2.20. The van der Waals surface area contributed by atoms with Gasteiger partial charge in [0.25, 0.3) is 5.56 Å². The van der Waals surface area contributed by atoms with Crippen molar-refractivity contribution in [2.45, 2.75) is 13.3 Å². The number of hydrogen-bond donors (Lipinski definition) is 2. The number of aromatic nitrogens is 2. The minimum atomic E-state index is -0.225. The zero-order chi connectivity index (χ0) is 14.8. The van der Waals surface area contributed by atoms with Crippen molar-refractivity contribution in [2.75, 3.05) is 0 Å². The number of nitrogens with one attached hydrogen (secondary N) is 2. The maximum atomic E-state index is 11.3. The minimum Gasteiger partial charge on any atom is -0.273 e. The average molecular weight is 282 g/mol. The second kappa shape index (κ2) is 5.32. The van der Waals surface area contributed by atoms with Gasteiger partial charge < -0.3 is 0 Å². The monoisotopic (exact) mass is 282 g/mol. The molecule has 0 saturated heterocycles. The van der Waals surface area contributed by atoms with Crippen molar-refractivity contribution < 1.29 is 4.79 Å². The third kappa shape index (κ3) is 2.74. The SMILES string of the molecule is C[C@@H]1CC(=O)NN=C1c1ccc(-c2ccc(=O)[nH]n2)cc1. The lowest BCUT2D eigenvalue weighted by Crippen LogP contribution is -2.31. The van der Waals surface area contributed by atoms with Crippen LogP contribution in [0.1, 0.15) is 18.9 Å². The maximum absolute atomic E-state index is 11.3. The van der Waals surface area contributed by atoms with Gasteiger partial charge in [0, 0.05) is 24.0 Å². The number of hydrogen-bond acceptors (Lipinski definition) is 4. The summed E-state index contributed by atoms with van der Waals surface area (Å²) in [6, 6.07) is 10.8. The molecule has 1 aromatic carbocycles. The summed E-state index contributed by atoms with van der Waals surface area (Å²) in [6.07, 6.45) is 0.446. The Kier molecular flexibility index (Phi) is 3.35. The van der Waals surface area contributed by atoms with E-state index in [0.29, 0.717) is 12.1 Å². The molecule has 2 N–H and O–H groups in total. The van der Waals surface area contributed by atoms with Crippen LogP contribution in [0.4, 0.5) is 0 Å². The summed E-state index contributed by atoms with van der Waals surface area (Å²) >= 11 is 0. The quantitative estimate of drug-likeness (QED) is 0.870. The van der Waals surface area contributed by atoms with Crippen LogP contribution < -0.4 is 11.0 Å². The molecule has 0 radical (unpaired) electrons. The van der Waals surface area contributed by atoms with Gasteiger partial charge in [0.1, 0.15) is 0 Å². The van der Waals surface area contributed by atoms with Crippen molar-refractivity contribution in [2.24, 2.45) is 11.0 Å². The van der Waals surface area contributed by atoms with Crippen molar-refractivity contribution in [3.63, 3.8) is 0 Å². The minimum absolute atomic E-state index is 0.0553. The first-order valence-electron chi connectivity index (χ1n) is 6.66. The normalized spacial score (nSPS) is 18.0. The molecular formula is C15H14N4O2. The summed E-state index contributed by atoms with van der Waals surface area (Å²) in [5.74, 6) is 0.0381. The van der Waals surface area contributed by atoms with E-state index in [1.807, 2.05) is 31.2 Å². The lowest BCUT2D eigenvalue weighted by Gasteiger charge is -2.19. The van der Waals surface area contributed by atoms with Gasteiger partial charge >= 0.3 is 0 Å². The number of amides is 1. The molecule has 0 spiro atoms. The van der Waals surface area contributed by atoms with Crippen LogP contribution in [0.15, 0.2) is 46.3 Å². The number of carbonyl (C=O) groups excluding carboxylic acids is 1. The molecule has 0 aliphatic carbocycles. The molecule has 1 atom stereocenters. The van der Waals surface area contributed by atoms with Crippen molar-refractivity contribution in [1.82, 2.24) is 15.6 Å². The number of aromatic amines is 1. The van der Waals surface area contributed by atoms with Gasteiger partial charge in [-0.25, -0.2) is 10.5 Å². The summed E-state index contributed by atoms with van der Waals surface area (Å²) in [5.41, 5.74) is 5.73. The fraction of sp³-hybridized carbons (Fsp3) is 0.200. The predicted octanol–water partition coefficient (Wildman–Crippen LogP) is 1.30. The Morgan fingerprint density at radius 3 is 2.38 bits per heavy atom. The molecule has 1 aliphatic heterocycles. The van der Waals surface area contributed by atoms with Crippen LogP contribution in [0.3, 0.4) is 0 Å². The van der Waals surface area contributed by atoms with Crippen LogP contribution in [0.5, 0.6) is 0 Å². The van der Waals surface area contributed by atoms with E-state index in [9.17, 15) is 9.59 Å². The van der Waals surface area contributed by atoms with E-state index in [1.54, 1.807) is 6.07 Å². The molecule has 1 aromatic heterocycles. The van der Waals surface area contributed by atoms with Gasteiger partial charge in [-0.05, 0) is 11.6 Å². The highest BCUT2D eigenvalue weighted by Gasteiger charge is 2.21. The van der Waals surface area contributed by atoms with Crippen molar-refractivity contribution in [1.29, 1.82) is 0 Å². The Balaban J connectivity index is 1.89. The fourth-order valence-corrected chi connectivity index (χ4v) is 2.32. The first-order chi connectivity index (χ1) is 10.1. The number of nitrogens with zero attached hydrogens (tertiary/aromatic N) is 2. The highest BCUT2D eigenvalue weighted by atomic mass is 16.2. The second-order valence-electron chi connectivity index (χ2n) is 5.02. The van der Waals surface area contributed by atoms with Crippen molar-refractivity contribution >= 4 is 11.6 Å². The van der Waals surface area contributed by atoms with E-state index in [2.05, 4.69) is 20.7 Å². The molecule has 3 rings (SSSR count). The van der Waals surface area contributed by atoms with Gasteiger partial charge in [-0.2, -0.15) is 10.2 Å². The van der Waals surface area contributed by atoms with Gasteiger partial charge in [0.2, 0.25) is 5.91 Å². The molecule has 0 bridgehead atoms. The number of H-pyrrole nitrogens is 1. The Hall–Kier alpha value is -2.76. The summed E-state index contributed by atoms with van der Waals surface area (Å²) in [6.45, 7) is 1.98. The molecule has 0 saturated carbocycles. The second-order valence-corrected chi connectivity index (χ2v) is 5.02.